The molecule has 0 radical (unpaired) electrons. The summed E-state index contributed by atoms with van der Waals surface area (Å²) in [5, 5.41) is 5.97. The number of methoxy groups -OCH3 is 1. The first-order chi connectivity index (χ1) is 17.5. The Morgan fingerprint density at radius 1 is 1.14 bits per heavy atom. The maximum absolute atomic E-state index is 14.6. The molecule has 190 valence electrons. The number of halogens is 1. The van der Waals surface area contributed by atoms with Crippen LogP contribution in [0, 0.1) is 11.7 Å². The highest BCUT2D eigenvalue weighted by Crippen LogP contribution is 2.39. The lowest BCUT2D eigenvalue weighted by Gasteiger charge is -2.28. The zero-order chi connectivity index (χ0) is 25.1. The van der Waals surface area contributed by atoms with Gasteiger partial charge in [0.05, 0.1) is 18.4 Å². The summed E-state index contributed by atoms with van der Waals surface area (Å²) in [4.78, 5) is 28.4. The summed E-state index contributed by atoms with van der Waals surface area (Å²) in [5.41, 5.74) is 1.64. The van der Waals surface area contributed by atoms with E-state index < -0.39 is 11.9 Å². The van der Waals surface area contributed by atoms with Crippen LogP contribution in [0.3, 0.4) is 0 Å². The third kappa shape index (κ3) is 4.93. The van der Waals surface area contributed by atoms with Crippen molar-refractivity contribution >= 4 is 17.5 Å². The van der Waals surface area contributed by atoms with Gasteiger partial charge in [-0.05, 0) is 36.6 Å². The van der Waals surface area contributed by atoms with Crippen molar-refractivity contribution in [3.63, 3.8) is 0 Å². The van der Waals surface area contributed by atoms with E-state index >= 15 is 0 Å². The van der Waals surface area contributed by atoms with E-state index in [0.29, 0.717) is 42.3 Å². The van der Waals surface area contributed by atoms with Crippen LogP contribution in [0.1, 0.15) is 49.3 Å². The molecule has 0 aromatic heterocycles. The number of hydrazone groups is 1. The van der Waals surface area contributed by atoms with Crippen LogP contribution >= 0.6 is 0 Å². The van der Waals surface area contributed by atoms with E-state index in [1.165, 1.54) is 11.1 Å². The number of amides is 2. The summed E-state index contributed by atoms with van der Waals surface area (Å²) < 4.78 is 30.8. The van der Waals surface area contributed by atoms with Crippen LogP contribution in [0.15, 0.2) is 47.6 Å². The van der Waals surface area contributed by atoms with Crippen molar-refractivity contribution in [2.75, 3.05) is 33.6 Å². The second-order valence-corrected chi connectivity index (χ2v) is 9.33. The largest absolute Gasteiger partial charge is 0.454 e. The van der Waals surface area contributed by atoms with Gasteiger partial charge in [-0.3, -0.25) is 9.59 Å². The molecule has 0 bridgehead atoms. The topological polar surface area (TPSA) is 80.7 Å². The maximum atomic E-state index is 14.6. The van der Waals surface area contributed by atoms with E-state index in [0.717, 1.165) is 31.2 Å². The zero-order valence-corrected chi connectivity index (χ0v) is 20.3. The fourth-order valence-electron chi connectivity index (χ4n) is 5.11. The predicted molar refractivity (Wildman–Crippen MR) is 130 cm³/mol. The van der Waals surface area contributed by atoms with Gasteiger partial charge in [-0.15, -0.1) is 0 Å². The first kappa shape index (κ1) is 24.2. The van der Waals surface area contributed by atoms with Crippen molar-refractivity contribution in [3.8, 4) is 11.5 Å². The lowest BCUT2D eigenvalue weighted by Crippen LogP contribution is -2.44. The molecular weight excluding hydrogens is 465 g/mol. The van der Waals surface area contributed by atoms with Crippen molar-refractivity contribution in [1.29, 1.82) is 0 Å². The highest BCUT2D eigenvalue weighted by molar-refractivity contribution is 6.03. The summed E-state index contributed by atoms with van der Waals surface area (Å²) in [6.45, 7) is 0.680. The van der Waals surface area contributed by atoms with Gasteiger partial charge >= 0.3 is 0 Å². The van der Waals surface area contributed by atoms with Crippen LogP contribution in [-0.2, 0) is 14.3 Å². The number of rotatable bonds is 8. The highest BCUT2D eigenvalue weighted by Gasteiger charge is 2.37. The number of carbonyl (C=O) groups is 2. The number of nitrogens with zero attached hydrogens (tertiary/aromatic N) is 3. The van der Waals surface area contributed by atoms with Crippen molar-refractivity contribution in [2.24, 2.45) is 11.0 Å². The molecule has 1 unspecified atom stereocenters. The van der Waals surface area contributed by atoms with Gasteiger partial charge in [0.1, 0.15) is 12.4 Å². The summed E-state index contributed by atoms with van der Waals surface area (Å²) >= 11 is 0. The summed E-state index contributed by atoms with van der Waals surface area (Å²) in [6, 6.07) is 11.4. The van der Waals surface area contributed by atoms with E-state index in [9.17, 15) is 14.0 Å². The molecule has 2 amide bonds. The van der Waals surface area contributed by atoms with E-state index in [1.807, 2.05) is 12.1 Å². The number of fused-ring (bicyclic) bond motifs is 1. The Hall–Kier alpha value is -3.46. The molecule has 2 aromatic rings. The zero-order valence-electron chi connectivity index (χ0n) is 20.3. The molecule has 2 heterocycles. The molecular formula is C27H30FN3O5. The Morgan fingerprint density at radius 3 is 2.69 bits per heavy atom. The van der Waals surface area contributed by atoms with Crippen LogP contribution < -0.4 is 9.47 Å². The average molecular weight is 496 g/mol. The molecule has 9 heteroatoms. The van der Waals surface area contributed by atoms with Gasteiger partial charge in [-0.1, -0.05) is 37.1 Å². The van der Waals surface area contributed by atoms with Crippen molar-refractivity contribution in [1.82, 2.24) is 9.91 Å². The average Bonchev–Trinajstić information content (AvgIpc) is 3.66. The van der Waals surface area contributed by atoms with Gasteiger partial charge in [0, 0.05) is 31.6 Å². The predicted octanol–water partition coefficient (Wildman–Crippen LogP) is 3.90. The lowest BCUT2D eigenvalue weighted by molar-refractivity contribution is -0.144. The number of hydrogen-bond acceptors (Lipinski definition) is 6. The Morgan fingerprint density at radius 2 is 1.92 bits per heavy atom. The number of hydrogen-bond donors (Lipinski definition) is 0. The maximum Gasteiger partial charge on any atom is 0.262 e. The van der Waals surface area contributed by atoms with Crippen LogP contribution in [-0.4, -0.2) is 61.0 Å². The minimum absolute atomic E-state index is 0.0185. The summed E-state index contributed by atoms with van der Waals surface area (Å²) in [7, 11) is 1.57. The standard InChI is InChI=1S/C27H30FN3O5/c1-34-13-12-30(27(33)18-6-2-3-7-18)16-26(32)31-23(19-10-11-24-25(14-19)36-17-35-24)15-22(29-31)20-8-4-5-9-21(20)28/h4-5,8-11,14,18,23H,2-3,6-7,12-13,15-17H2,1H3. The van der Waals surface area contributed by atoms with Gasteiger partial charge < -0.3 is 19.1 Å². The van der Waals surface area contributed by atoms with Gasteiger partial charge in [-0.2, -0.15) is 5.10 Å². The minimum Gasteiger partial charge on any atom is -0.454 e. The van der Waals surface area contributed by atoms with Crippen LogP contribution in [0.5, 0.6) is 11.5 Å². The Balaban J connectivity index is 1.43. The molecule has 0 N–H and O–H groups in total. The molecule has 1 saturated carbocycles. The Kier molecular flexibility index (Phi) is 7.18. The SMILES string of the molecule is COCCN(CC(=O)N1N=C(c2ccccc2F)CC1c1ccc2c(c1)OCO2)C(=O)C1CCCC1. The van der Waals surface area contributed by atoms with Crippen LogP contribution in [0.2, 0.25) is 0 Å². The lowest BCUT2D eigenvalue weighted by atomic mass is 9.97. The molecule has 1 aliphatic carbocycles. The molecule has 36 heavy (non-hydrogen) atoms. The van der Waals surface area contributed by atoms with Gasteiger partial charge in [-0.25, -0.2) is 9.40 Å². The summed E-state index contributed by atoms with van der Waals surface area (Å²) in [6.07, 6.45) is 4.07. The van der Waals surface area contributed by atoms with E-state index in [-0.39, 0.29) is 31.1 Å². The fourth-order valence-corrected chi connectivity index (χ4v) is 5.11. The van der Waals surface area contributed by atoms with Crippen molar-refractivity contribution in [3.05, 3.63) is 59.4 Å². The van der Waals surface area contributed by atoms with E-state index in [2.05, 4.69) is 5.10 Å². The quantitative estimate of drug-likeness (QED) is 0.555. The molecule has 5 rings (SSSR count). The van der Waals surface area contributed by atoms with Crippen LogP contribution in [0.4, 0.5) is 4.39 Å². The number of benzene rings is 2. The van der Waals surface area contributed by atoms with E-state index in [1.54, 1.807) is 36.3 Å². The molecule has 1 atom stereocenters. The molecule has 0 spiro atoms. The first-order valence-electron chi connectivity index (χ1n) is 12.4. The molecule has 2 aromatic carbocycles. The highest BCUT2D eigenvalue weighted by atomic mass is 19.1. The van der Waals surface area contributed by atoms with Crippen molar-refractivity contribution in [2.45, 2.75) is 38.1 Å². The Bertz CT molecular complexity index is 1160. The molecule has 2 aliphatic heterocycles. The molecule has 8 nitrogen and oxygen atoms in total. The smallest absolute Gasteiger partial charge is 0.262 e. The molecule has 3 aliphatic rings. The third-order valence-corrected chi connectivity index (χ3v) is 7.04. The van der Waals surface area contributed by atoms with E-state index in [4.69, 9.17) is 14.2 Å². The minimum atomic E-state index is -0.465. The van der Waals surface area contributed by atoms with Crippen LogP contribution in [0.25, 0.3) is 0 Å². The van der Waals surface area contributed by atoms with Gasteiger partial charge in [0.25, 0.3) is 5.91 Å². The van der Waals surface area contributed by atoms with Crippen molar-refractivity contribution < 1.29 is 28.2 Å². The third-order valence-electron chi connectivity index (χ3n) is 7.04. The normalized spacial score (nSPS) is 19.0. The second kappa shape index (κ2) is 10.7. The fraction of sp³-hybridized carbons (Fsp3) is 0.444. The summed E-state index contributed by atoms with van der Waals surface area (Å²) in [5.74, 6) is 0.431. The molecule has 1 fully saturated rings. The molecule has 0 saturated heterocycles. The number of ether oxygens (including phenoxy) is 3. The van der Waals surface area contributed by atoms with Gasteiger partial charge in [0.2, 0.25) is 12.7 Å². The number of carbonyl (C=O) groups excluding carboxylic acids is 2. The Labute approximate surface area is 209 Å². The second-order valence-electron chi connectivity index (χ2n) is 9.33. The first-order valence-corrected chi connectivity index (χ1v) is 12.4. The monoisotopic (exact) mass is 495 g/mol. The van der Waals surface area contributed by atoms with Gasteiger partial charge in [0.15, 0.2) is 11.5 Å².